The summed E-state index contributed by atoms with van der Waals surface area (Å²) < 4.78 is 0. The molecule has 0 spiro atoms. The van der Waals surface area contributed by atoms with Crippen LogP contribution in [0.1, 0.15) is 35.5 Å². The average Bonchev–Trinajstić information content (AvgIpc) is 3.17. The molecule has 3 rings (SSSR count). The molecule has 1 N–H and O–H groups in total. The van der Waals surface area contributed by atoms with Gasteiger partial charge in [0.1, 0.15) is 0 Å². The van der Waals surface area contributed by atoms with Gasteiger partial charge in [-0.05, 0) is 49.5 Å². The number of hydrogen-bond donors (Lipinski definition) is 1. The molecule has 1 atom stereocenters. The summed E-state index contributed by atoms with van der Waals surface area (Å²) in [5, 5.41) is 5.47. The third-order valence-electron chi connectivity index (χ3n) is 4.23. The first-order chi connectivity index (χ1) is 10.3. The Bertz CT molecular complexity index is 580. The summed E-state index contributed by atoms with van der Waals surface area (Å²) in [5.41, 5.74) is 3.95. The fraction of sp³-hybridized carbons (Fsp3) is 0.471. The molecule has 1 aliphatic heterocycles. The van der Waals surface area contributed by atoms with E-state index in [9.17, 15) is 0 Å². The molecule has 0 unspecified atom stereocenters. The van der Waals surface area contributed by atoms with Gasteiger partial charge in [-0.15, -0.1) is 11.3 Å². The van der Waals surface area contributed by atoms with E-state index < -0.39 is 0 Å². The molecule has 2 aromatic rings. The van der Waals surface area contributed by atoms with Gasteiger partial charge in [-0.25, -0.2) is 0 Å². The summed E-state index contributed by atoms with van der Waals surface area (Å²) in [6, 6.07) is 7.23. The molecule has 2 aromatic heterocycles. The summed E-state index contributed by atoms with van der Waals surface area (Å²) in [6.07, 6.45) is 5.29. The Morgan fingerprint density at radius 3 is 3.10 bits per heavy atom. The zero-order valence-corrected chi connectivity index (χ0v) is 13.6. The van der Waals surface area contributed by atoms with Crippen LogP contribution < -0.4 is 10.2 Å². The fourth-order valence-electron chi connectivity index (χ4n) is 3.04. The molecule has 3 nitrogen and oxygen atoms in total. The number of anilines is 1. The number of pyridine rings is 1. The number of aryl methyl sites for hydroxylation is 1. The number of nitrogens with one attached hydrogen (secondary N) is 1. The zero-order valence-electron chi connectivity index (χ0n) is 12.8. The topological polar surface area (TPSA) is 28.2 Å². The highest BCUT2D eigenvalue weighted by atomic mass is 32.1. The Kier molecular flexibility index (Phi) is 4.56. The van der Waals surface area contributed by atoms with Crippen molar-refractivity contribution in [2.75, 3.05) is 25.0 Å². The Labute approximate surface area is 131 Å². The minimum atomic E-state index is 0.465. The molecule has 21 heavy (non-hydrogen) atoms. The Morgan fingerprint density at radius 1 is 1.48 bits per heavy atom. The van der Waals surface area contributed by atoms with Gasteiger partial charge in [0.15, 0.2) is 0 Å². The van der Waals surface area contributed by atoms with Gasteiger partial charge in [-0.2, -0.15) is 0 Å². The average molecular weight is 301 g/mol. The van der Waals surface area contributed by atoms with Crippen LogP contribution in [0, 0.1) is 0 Å². The second kappa shape index (κ2) is 6.58. The first-order valence-electron chi connectivity index (χ1n) is 7.76. The molecule has 0 saturated carbocycles. The highest BCUT2D eigenvalue weighted by Gasteiger charge is 2.28. The van der Waals surface area contributed by atoms with Gasteiger partial charge in [0.05, 0.1) is 17.4 Å². The van der Waals surface area contributed by atoms with Crippen molar-refractivity contribution in [1.29, 1.82) is 0 Å². The van der Waals surface area contributed by atoms with Gasteiger partial charge < -0.3 is 10.2 Å². The highest BCUT2D eigenvalue weighted by Crippen LogP contribution is 2.37. The normalized spacial score (nSPS) is 15.2. The molecule has 4 heteroatoms. The van der Waals surface area contributed by atoms with Crippen molar-refractivity contribution in [2.24, 2.45) is 0 Å². The lowest BCUT2D eigenvalue weighted by Crippen LogP contribution is -2.28. The van der Waals surface area contributed by atoms with Crippen LogP contribution in [0.3, 0.4) is 0 Å². The quantitative estimate of drug-likeness (QED) is 0.886. The number of rotatable bonds is 6. The molecule has 0 fully saturated rings. The maximum atomic E-state index is 4.67. The molecule has 112 valence electrons. The van der Waals surface area contributed by atoms with Crippen molar-refractivity contribution >= 4 is 17.0 Å². The number of nitrogens with zero attached hydrogens (tertiary/aromatic N) is 2. The monoisotopic (exact) mass is 301 g/mol. The molecule has 0 radical (unpaired) electrons. The molecule has 0 aliphatic carbocycles. The third kappa shape index (κ3) is 2.97. The predicted molar refractivity (Wildman–Crippen MR) is 90.3 cm³/mol. The standard InChI is InChI=1S/C17H23N3S/c1-3-13-11-16-14(19-12-13)7-9-20(16)15(6-8-18-2)17-5-4-10-21-17/h4-5,10-12,15,18H,3,6-9H2,1-2H3/t15-/m0/s1. The Balaban J connectivity index is 1.91. The summed E-state index contributed by atoms with van der Waals surface area (Å²) in [4.78, 5) is 8.69. The number of fused-ring (bicyclic) bond motifs is 1. The lowest BCUT2D eigenvalue weighted by molar-refractivity contribution is 0.576. The van der Waals surface area contributed by atoms with Crippen molar-refractivity contribution in [3.05, 3.63) is 45.9 Å². The lowest BCUT2D eigenvalue weighted by Gasteiger charge is -2.30. The molecule has 0 amide bonds. The van der Waals surface area contributed by atoms with E-state index in [2.05, 4.69) is 45.7 Å². The van der Waals surface area contributed by atoms with Gasteiger partial charge in [0, 0.05) is 24.0 Å². The maximum Gasteiger partial charge on any atom is 0.0654 e. The minimum Gasteiger partial charge on any atom is -0.362 e. The van der Waals surface area contributed by atoms with E-state index in [0.29, 0.717) is 6.04 Å². The van der Waals surface area contributed by atoms with Crippen molar-refractivity contribution in [3.63, 3.8) is 0 Å². The van der Waals surface area contributed by atoms with E-state index >= 15 is 0 Å². The predicted octanol–water partition coefficient (Wildman–Crippen LogP) is 3.42. The van der Waals surface area contributed by atoms with Gasteiger partial charge in [-0.1, -0.05) is 13.0 Å². The lowest BCUT2D eigenvalue weighted by atomic mass is 10.1. The van der Waals surface area contributed by atoms with E-state index in [-0.39, 0.29) is 0 Å². The molecular weight excluding hydrogens is 278 g/mol. The second-order valence-electron chi connectivity index (χ2n) is 5.53. The van der Waals surface area contributed by atoms with Gasteiger partial charge >= 0.3 is 0 Å². The van der Waals surface area contributed by atoms with Gasteiger partial charge in [-0.3, -0.25) is 4.98 Å². The molecule has 0 aromatic carbocycles. The van der Waals surface area contributed by atoms with Crippen LogP contribution in [0.4, 0.5) is 5.69 Å². The van der Waals surface area contributed by atoms with Crippen LogP contribution in [0.25, 0.3) is 0 Å². The van der Waals surface area contributed by atoms with Gasteiger partial charge in [0.25, 0.3) is 0 Å². The molecular formula is C17H23N3S. The molecule has 0 bridgehead atoms. The summed E-state index contributed by atoms with van der Waals surface area (Å²) in [6.45, 7) is 4.32. The fourth-order valence-corrected chi connectivity index (χ4v) is 3.92. The van der Waals surface area contributed by atoms with Crippen LogP contribution in [-0.2, 0) is 12.8 Å². The van der Waals surface area contributed by atoms with Crippen molar-refractivity contribution in [3.8, 4) is 0 Å². The van der Waals surface area contributed by atoms with Crippen molar-refractivity contribution in [1.82, 2.24) is 10.3 Å². The Hall–Kier alpha value is -1.39. The maximum absolute atomic E-state index is 4.67. The first kappa shape index (κ1) is 14.5. The van der Waals surface area contributed by atoms with E-state index in [4.69, 9.17) is 0 Å². The van der Waals surface area contributed by atoms with E-state index in [0.717, 1.165) is 32.4 Å². The Morgan fingerprint density at radius 2 is 2.38 bits per heavy atom. The number of aromatic nitrogens is 1. The van der Waals surface area contributed by atoms with Crippen LogP contribution in [0.5, 0.6) is 0 Å². The van der Waals surface area contributed by atoms with E-state index in [1.54, 1.807) is 0 Å². The molecule has 0 saturated heterocycles. The van der Waals surface area contributed by atoms with Gasteiger partial charge in [0.2, 0.25) is 0 Å². The highest BCUT2D eigenvalue weighted by molar-refractivity contribution is 7.10. The third-order valence-corrected chi connectivity index (χ3v) is 5.20. The smallest absolute Gasteiger partial charge is 0.0654 e. The molecule has 1 aliphatic rings. The van der Waals surface area contributed by atoms with Crippen LogP contribution >= 0.6 is 11.3 Å². The van der Waals surface area contributed by atoms with Crippen LogP contribution in [0.15, 0.2) is 29.8 Å². The van der Waals surface area contributed by atoms with E-state index in [1.165, 1.54) is 21.8 Å². The zero-order chi connectivity index (χ0) is 14.7. The summed E-state index contributed by atoms with van der Waals surface area (Å²) >= 11 is 1.86. The first-order valence-corrected chi connectivity index (χ1v) is 8.64. The summed E-state index contributed by atoms with van der Waals surface area (Å²) in [5.74, 6) is 0. The second-order valence-corrected chi connectivity index (χ2v) is 6.51. The summed E-state index contributed by atoms with van der Waals surface area (Å²) in [7, 11) is 2.03. The number of thiophene rings is 1. The van der Waals surface area contributed by atoms with E-state index in [1.807, 2.05) is 24.6 Å². The number of hydrogen-bond acceptors (Lipinski definition) is 4. The largest absolute Gasteiger partial charge is 0.362 e. The SMILES string of the molecule is CCc1cnc2c(c1)N([C@@H](CCNC)c1cccs1)CC2. The van der Waals surface area contributed by atoms with Crippen molar-refractivity contribution < 1.29 is 0 Å². The van der Waals surface area contributed by atoms with Crippen LogP contribution in [0.2, 0.25) is 0 Å². The van der Waals surface area contributed by atoms with Crippen molar-refractivity contribution in [2.45, 2.75) is 32.2 Å². The minimum absolute atomic E-state index is 0.465. The van der Waals surface area contributed by atoms with Crippen LogP contribution in [-0.4, -0.2) is 25.1 Å². The molecule has 3 heterocycles.